The Hall–Kier alpha value is -1.30. The van der Waals surface area contributed by atoms with Crippen molar-refractivity contribution in [3.05, 3.63) is 59.2 Å². The highest BCUT2D eigenvalue weighted by Crippen LogP contribution is 2.30. The molecule has 1 aromatic rings. The molecule has 1 unspecified atom stereocenters. The zero-order valence-corrected chi connectivity index (χ0v) is 11.7. The summed E-state index contributed by atoms with van der Waals surface area (Å²) in [5.41, 5.74) is 4.45. The van der Waals surface area contributed by atoms with E-state index in [2.05, 4.69) is 56.3 Å². The fraction of sp³-hybridized carbons (Fsp3) is 0.444. The van der Waals surface area contributed by atoms with Crippen LogP contribution in [0.15, 0.2) is 48.1 Å². The van der Waals surface area contributed by atoms with Gasteiger partial charge in [0.25, 0.3) is 0 Å². The summed E-state index contributed by atoms with van der Waals surface area (Å²) in [4.78, 5) is 0. The number of hydrogen-bond donors (Lipinski definition) is 0. The largest absolute Gasteiger partial charge is 0.0816 e. The third-order valence-electron chi connectivity index (χ3n) is 3.70. The number of hydrogen-bond acceptors (Lipinski definition) is 0. The van der Waals surface area contributed by atoms with Crippen molar-refractivity contribution < 1.29 is 0 Å². The van der Waals surface area contributed by atoms with Gasteiger partial charge in [0.1, 0.15) is 0 Å². The summed E-state index contributed by atoms with van der Waals surface area (Å²) in [6.45, 7) is 4.44. The molecule has 1 aliphatic carbocycles. The molecule has 2 rings (SSSR count). The summed E-state index contributed by atoms with van der Waals surface area (Å²) in [6, 6.07) is 9.22. The van der Waals surface area contributed by atoms with E-state index in [1.54, 1.807) is 0 Å². The maximum Gasteiger partial charge on any atom is 0.00243 e. The monoisotopic (exact) mass is 240 g/mol. The first kappa shape index (κ1) is 13.1. The van der Waals surface area contributed by atoms with Crippen molar-refractivity contribution in [2.45, 2.75) is 51.9 Å². The van der Waals surface area contributed by atoms with Gasteiger partial charge in [-0.25, -0.2) is 0 Å². The molecule has 1 aromatic carbocycles. The molecular weight excluding hydrogens is 216 g/mol. The van der Waals surface area contributed by atoms with Crippen molar-refractivity contribution in [2.24, 2.45) is 0 Å². The summed E-state index contributed by atoms with van der Waals surface area (Å²) in [5.74, 6) is 0.620. The molecule has 0 amide bonds. The zero-order valence-electron chi connectivity index (χ0n) is 11.7. The lowest BCUT2D eigenvalue weighted by molar-refractivity contribution is 0.714. The van der Waals surface area contributed by atoms with E-state index in [4.69, 9.17) is 0 Å². The molecule has 0 aliphatic heterocycles. The molecule has 0 fully saturated rings. The minimum absolute atomic E-state index is 0.620. The van der Waals surface area contributed by atoms with Gasteiger partial charge in [0.2, 0.25) is 0 Å². The van der Waals surface area contributed by atoms with Crippen LogP contribution in [0.4, 0.5) is 0 Å². The van der Waals surface area contributed by atoms with Crippen LogP contribution in [0, 0.1) is 0 Å². The average Bonchev–Trinajstić information content (AvgIpc) is 2.41. The minimum Gasteiger partial charge on any atom is -0.0816 e. The molecule has 0 bridgehead atoms. The number of rotatable bonds is 4. The molecule has 0 heteroatoms. The first-order valence-corrected chi connectivity index (χ1v) is 7.29. The summed E-state index contributed by atoms with van der Waals surface area (Å²) >= 11 is 0. The summed E-state index contributed by atoms with van der Waals surface area (Å²) in [5, 5.41) is 0. The highest BCUT2D eigenvalue weighted by Gasteiger charge is 2.12. The quantitative estimate of drug-likeness (QED) is 0.660. The lowest BCUT2D eigenvalue weighted by Gasteiger charge is -2.19. The van der Waals surface area contributed by atoms with Crippen molar-refractivity contribution in [3.8, 4) is 0 Å². The second kappa shape index (κ2) is 6.58. The topological polar surface area (TPSA) is 0 Å². The first-order valence-electron chi connectivity index (χ1n) is 7.29. The minimum atomic E-state index is 0.620. The maximum absolute atomic E-state index is 2.37. The Morgan fingerprint density at radius 1 is 1.17 bits per heavy atom. The predicted molar refractivity (Wildman–Crippen MR) is 79.9 cm³/mol. The Morgan fingerprint density at radius 3 is 2.50 bits per heavy atom. The van der Waals surface area contributed by atoms with E-state index in [0.29, 0.717) is 5.92 Å². The van der Waals surface area contributed by atoms with Gasteiger partial charge in [-0.2, -0.15) is 0 Å². The Kier molecular flexibility index (Phi) is 4.81. The van der Waals surface area contributed by atoms with Crippen molar-refractivity contribution in [2.75, 3.05) is 0 Å². The van der Waals surface area contributed by atoms with Crippen LogP contribution in [0.25, 0.3) is 0 Å². The molecule has 1 aliphatic rings. The molecule has 0 radical (unpaired) electrons. The molecule has 0 spiro atoms. The molecule has 0 saturated carbocycles. The Bertz CT molecular complexity index is 420. The molecule has 0 saturated heterocycles. The molecular formula is C18H24. The Balaban J connectivity index is 2.05. The highest BCUT2D eigenvalue weighted by molar-refractivity contribution is 5.33. The normalized spacial score (nSPS) is 21.4. The maximum atomic E-state index is 2.37. The van der Waals surface area contributed by atoms with E-state index >= 15 is 0 Å². The van der Waals surface area contributed by atoms with E-state index in [1.807, 2.05) is 0 Å². The van der Waals surface area contributed by atoms with Crippen LogP contribution in [0.3, 0.4) is 0 Å². The molecule has 18 heavy (non-hydrogen) atoms. The fourth-order valence-electron chi connectivity index (χ4n) is 2.67. The molecule has 0 N–H and O–H groups in total. The van der Waals surface area contributed by atoms with Gasteiger partial charge in [0.05, 0.1) is 0 Å². The zero-order chi connectivity index (χ0) is 12.8. The van der Waals surface area contributed by atoms with E-state index in [-0.39, 0.29) is 0 Å². The second-order valence-corrected chi connectivity index (χ2v) is 5.18. The number of allylic oxidation sites excluding steroid dienone is 4. The van der Waals surface area contributed by atoms with Crippen molar-refractivity contribution in [3.63, 3.8) is 0 Å². The third kappa shape index (κ3) is 3.35. The van der Waals surface area contributed by atoms with Crippen LogP contribution < -0.4 is 0 Å². The summed E-state index contributed by atoms with van der Waals surface area (Å²) < 4.78 is 0. The van der Waals surface area contributed by atoms with Gasteiger partial charge in [-0.1, -0.05) is 68.3 Å². The highest BCUT2D eigenvalue weighted by atomic mass is 14.2. The fourth-order valence-corrected chi connectivity index (χ4v) is 2.67. The standard InChI is InChI=1S/C18H24/c1-3-5-15-7-11-17(12-8-15)18-13-9-16(6-4-2)10-14-18/h5,7,9-11,13-14,17H,3-4,6,8,12H2,1-2H3/b15-5+. The lowest BCUT2D eigenvalue weighted by Crippen LogP contribution is -2.01. The third-order valence-corrected chi connectivity index (χ3v) is 3.70. The van der Waals surface area contributed by atoms with Gasteiger partial charge < -0.3 is 0 Å². The SMILES string of the molecule is CC/C=C1\C=CC(c2ccc(CCC)cc2)CC1. The summed E-state index contributed by atoms with van der Waals surface area (Å²) in [7, 11) is 0. The van der Waals surface area contributed by atoms with Crippen LogP contribution in [0.2, 0.25) is 0 Å². The molecule has 0 nitrogen and oxygen atoms in total. The van der Waals surface area contributed by atoms with Gasteiger partial charge in [-0.05, 0) is 36.8 Å². The van der Waals surface area contributed by atoms with E-state index in [1.165, 1.54) is 42.4 Å². The van der Waals surface area contributed by atoms with Gasteiger partial charge in [0, 0.05) is 5.92 Å². The van der Waals surface area contributed by atoms with Crippen molar-refractivity contribution in [1.29, 1.82) is 0 Å². The average molecular weight is 240 g/mol. The summed E-state index contributed by atoms with van der Waals surface area (Å²) in [6.07, 6.45) is 13.1. The van der Waals surface area contributed by atoms with Crippen molar-refractivity contribution in [1.82, 2.24) is 0 Å². The Labute approximate surface area is 111 Å². The van der Waals surface area contributed by atoms with Gasteiger partial charge in [0.15, 0.2) is 0 Å². The van der Waals surface area contributed by atoms with Crippen LogP contribution in [0.1, 0.15) is 56.6 Å². The van der Waals surface area contributed by atoms with Gasteiger partial charge in [-0.15, -0.1) is 0 Å². The van der Waals surface area contributed by atoms with Crippen LogP contribution in [-0.2, 0) is 6.42 Å². The molecule has 0 aromatic heterocycles. The van der Waals surface area contributed by atoms with Gasteiger partial charge in [-0.3, -0.25) is 0 Å². The van der Waals surface area contributed by atoms with Crippen molar-refractivity contribution >= 4 is 0 Å². The molecule has 0 heterocycles. The predicted octanol–water partition coefficient (Wildman–Crippen LogP) is 5.41. The van der Waals surface area contributed by atoms with Crippen LogP contribution in [0.5, 0.6) is 0 Å². The smallest absolute Gasteiger partial charge is 0.00243 e. The Morgan fingerprint density at radius 2 is 1.94 bits per heavy atom. The van der Waals surface area contributed by atoms with Crippen LogP contribution in [-0.4, -0.2) is 0 Å². The second-order valence-electron chi connectivity index (χ2n) is 5.18. The number of benzene rings is 1. The number of aryl methyl sites for hydroxylation is 1. The molecule has 96 valence electrons. The van der Waals surface area contributed by atoms with E-state index in [0.717, 1.165) is 6.42 Å². The van der Waals surface area contributed by atoms with Gasteiger partial charge >= 0.3 is 0 Å². The lowest BCUT2D eigenvalue weighted by atomic mass is 9.86. The van der Waals surface area contributed by atoms with E-state index in [9.17, 15) is 0 Å². The first-order chi connectivity index (χ1) is 8.83. The molecule has 1 atom stereocenters. The van der Waals surface area contributed by atoms with Crippen LogP contribution >= 0.6 is 0 Å². The van der Waals surface area contributed by atoms with E-state index < -0.39 is 0 Å².